The molecule has 1 atom stereocenters. The number of hydrogen-bond acceptors (Lipinski definition) is 8. The van der Waals surface area contributed by atoms with E-state index in [0.717, 1.165) is 6.92 Å². The van der Waals surface area contributed by atoms with E-state index in [0.29, 0.717) is 12.8 Å². The van der Waals surface area contributed by atoms with Crippen molar-refractivity contribution in [2.24, 2.45) is 0 Å². The van der Waals surface area contributed by atoms with Crippen molar-refractivity contribution < 1.29 is 38.8 Å². The zero-order valence-electron chi connectivity index (χ0n) is 12.5. The lowest BCUT2D eigenvalue weighted by molar-refractivity contribution is -0.365. The van der Waals surface area contributed by atoms with Crippen LogP contribution < -0.4 is 0 Å². The summed E-state index contributed by atoms with van der Waals surface area (Å²) in [6, 6.07) is 0. The Labute approximate surface area is 123 Å². The summed E-state index contributed by atoms with van der Waals surface area (Å²) < 4.78 is 14.3. The van der Waals surface area contributed by atoms with Gasteiger partial charge in [0.05, 0.1) is 6.61 Å². The van der Waals surface area contributed by atoms with Crippen LogP contribution in [0.3, 0.4) is 0 Å². The van der Waals surface area contributed by atoms with Gasteiger partial charge in [0.15, 0.2) is 6.10 Å². The first-order chi connectivity index (χ1) is 9.81. The highest BCUT2D eigenvalue weighted by Crippen LogP contribution is 2.23. The van der Waals surface area contributed by atoms with Crippen molar-refractivity contribution in [3.63, 3.8) is 0 Å². The van der Waals surface area contributed by atoms with Gasteiger partial charge in [0.1, 0.15) is 0 Å². The van der Waals surface area contributed by atoms with Gasteiger partial charge >= 0.3 is 23.9 Å². The first kappa shape index (κ1) is 19.3. The molecule has 21 heavy (non-hydrogen) atoms. The molecule has 0 aliphatic heterocycles. The van der Waals surface area contributed by atoms with Gasteiger partial charge in [-0.25, -0.2) is 0 Å². The quantitative estimate of drug-likeness (QED) is 0.459. The number of aliphatic hydroxyl groups excluding tert-OH is 2. The van der Waals surface area contributed by atoms with Gasteiger partial charge in [-0.05, 0) is 12.8 Å². The summed E-state index contributed by atoms with van der Waals surface area (Å²) in [5.41, 5.74) is 0. The molecule has 0 fully saturated rings. The van der Waals surface area contributed by atoms with E-state index in [9.17, 15) is 19.5 Å². The van der Waals surface area contributed by atoms with Gasteiger partial charge in [-0.3, -0.25) is 14.4 Å². The zero-order valence-corrected chi connectivity index (χ0v) is 12.5. The molecule has 0 spiro atoms. The first-order valence-electron chi connectivity index (χ1n) is 6.73. The average molecular weight is 306 g/mol. The smallest absolute Gasteiger partial charge is 0.393 e. The molecule has 0 aromatic heterocycles. The van der Waals surface area contributed by atoms with E-state index in [2.05, 4.69) is 4.74 Å². The normalized spacial score (nSPS) is 12.4. The summed E-state index contributed by atoms with van der Waals surface area (Å²) in [6.45, 7) is 3.47. The minimum atomic E-state index is -2.67. The van der Waals surface area contributed by atoms with Crippen molar-refractivity contribution in [3.8, 4) is 0 Å². The van der Waals surface area contributed by atoms with E-state index < -0.39 is 36.6 Å². The molecule has 0 rings (SSSR count). The molecule has 0 heterocycles. The topological polar surface area (TPSA) is 119 Å². The molecule has 0 saturated carbocycles. The van der Waals surface area contributed by atoms with Crippen molar-refractivity contribution in [2.45, 2.75) is 58.5 Å². The van der Waals surface area contributed by atoms with Crippen LogP contribution >= 0.6 is 0 Å². The predicted molar refractivity (Wildman–Crippen MR) is 69.6 cm³/mol. The molecule has 0 bridgehead atoms. The number of carbonyl (C=O) groups is 3. The van der Waals surface area contributed by atoms with Crippen molar-refractivity contribution >= 4 is 17.9 Å². The van der Waals surface area contributed by atoms with Gasteiger partial charge in [0.2, 0.25) is 0 Å². The third-order valence-electron chi connectivity index (χ3n) is 2.29. The molecule has 122 valence electrons. The fourth-order valence-corrected chi connectivity index (χ4v) is 1.41. The Kier molecular flexibility index (Phi) is 8.56. The third kappa shape index (κ3) is 6.54. The van der Waals surface area contributed by atoms with Crippen molar-refractivity contribution in [2.75, 3.05) is 6.61 Å². The van der Waals surface area contributed by atoms with Crippen LogP contribution in [-0.4, -0.2) is 46.8 Å². The third-order valence-corrected chi connectivity index (χ3v) is 2.29. The van der Waals surface area contributed by atoms with Crippen LogP contribution in [0, 0.1) is 0 Å². The molecule has 0 aliphatic carbocycles. The highest BCUT2D eigenvalue weighted by atomic mass is 16.9. The second-order valence-corrected chi connectivity index (χ2v) is 4.34. The Bertz CT molecular complexity index is 345. The van der Waals surface area contributed by atoms with Gasteiger partial charge in [-0.2, -0.15) is 0 Å². The Morgan fingerprint density at radius 3 is 1.71 bits per heavy atom. The van der Waals surface area contributed by atoms with Gasteiger partial charge in [-0.1, -0.05) is 13.8 Å². The molecule has 2 N–H and O–H groups in total. The standard InChI is InChI=1S/C13H22O8/c1-4-6-11(17)20-13(10(16)8-14,19-9(3)15)21-12(18)7-5-2/h10,14,16H,4-8H2,1-3H3. The molecule has 0 saturated heterocycles. The summed E-state index contributed by atoms with van der Waals surface area (Å²) in [5.74, 6) is -5.29. The second kappa shape index (κ2) is 9.30. The van der Waals surface area contributed by atoms with E-state index in [1.54, 1.807) is 13.8 Å². The van der Waals surface area contributed by atoms with Crippen LogP contribution in [0.4, 0.5) is 0 Å². The molecular weight excluding hydrogens is 284 g/mol. The predicted octanol–water partition coefficient (Wildman–Crippen LogP) is 0.243. The van der Waals surface area contributed by atoms with E-state index >= 15 is 0 Å². The maximum atomic E-state index is 11.6. The maximum Gasteiger partial charge on any atom is 0.453 e. The lowest BCUT2D eigenvalue weighted by Crippen LogP contribution is -2.54. The fourth-order valence-electron chi connectivity index (χ4n) is 1.41. The number of rotatable bonds is 9. The highest BCUT2D eigenvalue weighted by molar-refractivity contribution is 5.73. The number of carbonyl (C=O) groups excluding carboxylic acids is 3. The van der Waals surface area contributed by atoms with Crippen LogP contribution in [-0.2, 0) is 28.6 Å². The SMILES string of the molecule is CCCC(=O)OC(OC(C)=O)(OC(=O)CCC)C(O)CO. The first-order valence-corrected chi connectivity index (χ1v) is 6.73. The minimum absolute atomic E-state index is 0.0352. The van der Waals surface area contributed by atoms with Crippen LogP contribution in [0.25, 0.3) is 0 Å². The van der Waals surface area contributed by atoms with Gasteiger partial charge in [0, 0.05) is 19.8 Å². The Hall–Kier alpha value is -1.67. The van der Waals surface area contributed by atoms with Gasteiger partial charge < -0.3 is 24.4 Å². The summed E-state index contributed by atoms with van der Waals surface area (Å²) in [4.78, 5) is 34.4. The summed E-state index contributed by atoms with van der Waals surface area (Å²) >= 11 is 0. The maximum absolute atomic E-state index is 11.6. The Morgan fingerprint density at radius 2 is 1.43 bits per heavy atom. The molecule has 0 aromatic rings. The van der Waals surface area contributed by atoms with Crippen LogP contribution in [0.5, 0.6) is 0 Å². The van der Waals surface area contributed by atoms with E-state index in [4.69, 9.17) is 14.6 Å². The second-order valence-electron chi connectivity index (χ2n) is 4.34. The highest BCUT2D eigenvalue weighted by Gasteiger charge is 2.50. The van der Waals surface area contributed by atoms with Crippen molar-refractivity contribution in [1.29, 1.82) is 0 Å². The van der Waals surface area contributed by atoms with E-state index in [-0.39, 0.29) is 12.8 Å². The van der Waals surface area contributed by atoms with E-state index in [1.165, 1.54) is 0 Å². The Morgan fingerprint density at radius 1 is 1.00 bits per heavy atom. The summed E-state index contributed by atoms with van der Waals surface area (Å²) in [5, 5.41) is 18.8. The summed E-state index contributed by atoms with van der Waals surface area (Å²) in [7, 11) is 0. The number of esters is 3. The molecular formula is C13H22O8. The van der Waals surface area contributed by atoms with Crippen LogP contribution in [0.1, 0.15) is 46.5 Å². The van der Waals surface area contributed by atoms with Crippen LogP contribution in [0.15, 0.2) is 0 Å². The Balaban J connectivity index is 5.34. The molecule has 0 aliphatic rings. The zero-order chi connectivity index (χ0) is 16.5. The largest absolute Gasteiger partial charge is 0.453 e. The lowest BCUT2D eigenvalue weighted by atomic mass is 10.3. The molecule has 0 radical (unpaired) electrons. The van der Waals surface area contributed by atoms with Gasteiger partial charge in [-0.15, -0.1) is 0 Å². The molecule has 1 unspecified atom stereocenters. The van der Waals surface area contributed by atoms with Crippen molar-refractivity contribution in [1.82, 2.24) is 0 Å². The number of aliphatic hydroxyl groups is 2. The number of ether oxygens (including phenoxy) is 3. The fraction of sp³-hybridized carbons (Fsp3) is 0.769. The van der Waals surface area contributed by atoms with E-state index in [1.807, 2.05) is 0 Å². The molecule has 0 amide bonds. The molecule has 0 aromatic carbocycles. The van der Waals surface area contributed by atoms with Gasteiger partial charge in [0.25, 0.3) is 0 Å². The minimum Gasteiger partial charge on any atom is -0.393 e. The van der Waals surface area contributed by atoms with Crippen LogP contribution in [0.2, 0.25) is 0 Å². The van der Waals surface area contributed by atoms with Crippen molar-refractivity contribution in [3.05, 3.63) is 0 Å². The molecule has 8 nitrogen and oxygen atoms in total. The lowest BCUT2D eigenvalue weighted by Gasteiger charge is -2.33. The monoisotopic (exact) mass is 306 g/mol. The molecule has 8 heteroatoms. The average Bonchev–Trinajstić information content (AvgIpc) is 2.37. The number of hydrogen-bond donors (Lipinski definition) is 2. The summed E-state index contributed by atoms with van der Waals surface area (Å²) in [6.07, 6.45) is -1.11.